The summed E-state index contributed by atoms with van der Waals surface area (Å²) in [5.41, 5.74) is -0.156. The molecule has 0 spiro atoms. The van der Waals surface area contributed by atoms with Crippen LogP contribution in [-0.2, 0) is 9.84 Å². The fourth-order valence-corrected chi connectivity index (χ4v) is 3.00. The van der Waals surface area contributed by atoms with Crippen LogP contribution in [0.1, 0.15) is 30.6 Å². The Balaban J connectivity index is 3.16. The van der Waals surface area contributed by atoms with Crippen molar-refractivity contribution in [1.82, 2.24) is 0 Å². The highest BCUT2D eigenvalue weighted by atomic mass is 32.2. The number of sulfone groups is 1. The van der Waals surface area contributed by atoms with Crippen LogP contribution in [0.25, 0.3) is 0 Å². The summed E-state index contributed by atoms with van der Waals surface area (Å²) in [4.78, 5) is 12.0. The number of Topliss-reactive ketones (excluding diaryl/α,β-unsaturated/α-hetero) is 1. The van der Waals surface area contributed by atoms with Crippen molar-refractivity contribution in [2.45, 2.75) is 25.5 Å². The van der Waals surface area contributed by atoms with E-state index in [0.29, 0.717) is 0 Å². The molecule has 5 heteroatoms. The average molecular weight is 258 g/mol. The third kappa shape index (κ3) is 2.91. The van der Waals surface area contributed by atoms with Crippen molar-refractivity contribution in [1.29, 1.82) is 0 Å². The topological polar surface area (TPSA) is 51.2 Å². The molecular weight excluding hydrogens is 243 g/mol. The van der Waals surface area contributed by atoms with Gasteiger partial charge in [-0.2, -0.15) is 0 Å². The molecular formula is C12H15FO3S. The first-order valence-electron chi connectivity index (χ1n) is 5.44. The average Bonchev–Trinajstić information content (AvgIpc) is 2.30. The second kappa shape index (κ2) is 5.40. The first-order chi connectivity index (χ1) is 7.94. The van der Waals surface area contributed by atoms with Gasteiger partial charge in [0.15, 0.2) is 15.6 Å². The van der Waals surface area contributed by atoms with Crippen LogP contribution < -0.4 is 0 Å². The molecule has 1 aromatic rings. The molecule has 0 fully saturated rings. The van der Waals surface area contributed by atoms with Gasteiger partial charge < -0.3 is 0 Å². The highest BCUT2D eigenvalue weighted by Gasteiger charge is 2.31. The van der Waals surface area contributed by atoms with E-state index in [1.807, 2.05) is 0 Å². The number of carbonyl (C=O) groups excluding carboxylic acids is 1. The lowest BCUT2D eigenvalue weighted by Crippen LogP contribution is -2.31. The number of rotatable bonds is 5. The zero-order chi connectivity index (χ0) is 13.1. The minimum absolute atomic E-state index is 0.119. The fraction of sp³-hybridized carbons (Fsp3) is 0.417. The van der Waals surface area contributed by atoms with Gasteiger partial charge in [-0.3, -0.25) is 4.79 Å². The van der Waals surface area contributed by atoms with E-state index in [0.717, 1.165) is 6.07 Å². The van der Waals surface area contributed by atoms with E-state index in [2.05, 4.69) is 0 Å². The molecule has 0 saturated carbocycles. The van der Waals surface area contributed by atoms with Gasteiger partial charge in [0.25, 0.3) is 0 Å². The molecule has 1 rings (SSSR count). The first kappa shape index (κ1) is 13.8. The second-order valence-corrected chi connectivity index (χ2v) is 6.16. The molecule has 0 amide bonds. The highest BCUT2D eigenvalue weighted by Crippen LogP contribution is 2.16. The van der Waals surface area contributed by atoms with Gasteiger partial charge >= 0.3 is 0 Å². The largest absolute Gasteiger partial charge is 0.293 e. The van der Waals surface area contributed by atoms with Crippen molar-refractivity contribution in [3.05, 3.63) is 35.6 Å². The number of hydrogen-bond acceptors (Lipinski definition) is 3. The maximum atomic E-state index is 13.4. The van der Waals surface area contributed by atoms with Crippen LogP contribution in [0.2, 0.25) is 0 Å². The normalized spacial score (nSPS) is 13.4. The Bertz CT molecular complexity index is 508. The Kier molecular flexibility index (Phi) is 4.40. The summed E-state index contributed by atoms with van der Waals surface area (Å²) in [6, 6.07) is 5.44. The third-order valence-electron chi connectivity index (χ3n) is 2.64. The maximum Gasteiger partial charge on any atom is 0.183 e. The summed E-state index contributed by atoms with van der Waals surface area (Å²) in [5, 5.41) is -1.15. The van der Waals surface area contributed by atoms with E-state index in [-0.39, 0.29) is 17.7 Å². The predicted molar refractivity (Wildman–Crippen MR) is 64.3 cm³/mol. The molecule has 0 aliphatic heterocycles. The van der Waals surface area contributed by atoms with Gasteiger partial charge in [-0.25, -0.2) is 12.8 Å². The number of halogens is 1. The molecule has 0 saturated heterocycles. The molecule has 0 aliphatic rings. The Labute approximate surface area is 101 Å². The monoisotopic (exact) mass is 258 g/mol. The van der Waals surface area contributed by atoms with Crippen molar-refractivity contribution >= 4 is 15.6 Å². The molecule has 1 atom stereocenters. The third-order valence-corrected chi connectivity index (χ3v) is 4.86. The molecule has 0 aliphatic carbocycles. The molecule has 17 heavy (non-hydrogen) atoms. The van der Waals surface area contributed by atoms with Crippen LogP contribution in [0.3, 0.4) is 0 Å². The molecule has 3 nitrogen and oxygen atoms in total. The summed E-state index contributed by atoms with van der Waals surface area (Å²) >= 11 is 0. The fourth-order valence-electron chi connectivity index (χ4n) is 1.64. The van der Waals surface area contributed by atoms with Crippen LogP contribution in [0, 0.1) is 5.82 Å². The number of ketones is 1. The molecule has 0 aromatic heterocycles. The second-order valence-electron chi connectivity index (χ2n) is 3.69. The number of carbonyl (C=O) groups is 1. The zero-order valence-corrected chi connectivity index (χ0v) is 10.6. The van der Waals surface area contributed by atoms with Gasteiger partial charge in [0.2, 0.25) is 0 Å². The first-order valence-corrected chi connectivity index (χ1v) is 7.15. The molecule has 94 valence electrons. The minimum atomic E-state index is -3.49. The Hall–Kier alpha value is -1.23. The summed E-state index contributed by atoms with van der Waals surface area (Å²) in [7, 11) is -3.49. The zero-order valence-electron chi connectivity index (χ0n) is 9.81. The van der Waals surface area contributed by atoms with E-state index in [1.165, 1.54) is 25.1 Å². The van der Waals surface area contributed by atoms with Gasteiger partial charge in [0.05, 0.1) is 5.56 Å². The van der Waals surface area contributed by atoms with E-state index < -0.39 is 26.7 Å². The Morgan fingerprint density at radius 3 is 2.35 bits per heavy atom. The van der Waals surface area contributed by atoms with Crippen molar-refractivity contribution in [3.63, 3.8) is 0 Å². The van der Waals surface area contributed by atoms with Crippen LogP contribution >= 0.6 is 0 Å². The van der Waals surface area contributed by atoms with Crippen molar-refractivity contribution in [2.24, 2.45) is 0 Å². The quantitative estimate of drug-likeness (QED) is 0.761. The minimum Gasteiger partial charge on any atom is -0.293 e. The number of hydrogen-bond donors (Lipinski definition) is 0. The summed E-state index contributed by atoms with van der Waals surface area (Å²) in [5.74, 6) is -1.46. The highest BCUT2D eigenvalue weighted by molar-refractivity contribution is 7.92. The maximum absolute atomic E-state index is 13.4. The van der Waals surface area contributed by atoms with E-state index >= 15 is 0 Å². The van der Waals surface area contributed by atoms with Crippen molar-refractivity contribution < 1.29 is 17.6 Å². The Morgan fingerprint density at radius 1 is 1.29 bits per heavy atom. The molecule has 0 N–H and O–H groups in total. The lowest BCUT2D eigenvalue weighted by atomic mass is 10.1. The van der Waals surface area contributed by atoms with Crippen LogP contribution in [0.15, 0.2) is 24.3 Å². The lowest BCUT2D eigenvalue weighted by molar-refractivity contribution is 0.0981. The van der Waals surface area contributed by atoms with Crippen LogP contribution in [0.5, 0.6) is 0 Å². The van der Waals surface area contributed by atoms with Gasteiger partial charge in [0, 0.05) is 5.75 Å². The van der Waals surface area contributed by atoms with Crippen LogP contribution in [0.4, 0.5) is 4.39 Å². The Morgan fingerprint density at radius 2 is 1.88 bits per heavy atom. The molecule has 0 bridgehead atoms. The standard InChI is InChI=1S/C12H15FO3S/c1-3-11(17(15,16)4-2)12(14)9-7-5-6-8-10(9)13/h5-8,11H,3-4H2,1-2H3. The number of benzene rings is 1. The summed E-state index contributed by atoms with van der Waals surface area (Å²) < 4.78 is 36.8. The molecule has 1 unspecified atom stereocenters. The SMILES string of the molecule is CCC(C(=O)c1ccccc1F)S(=O)(=O)CC. The smallest absolute Gasteiger partial charge is 0.183 e. The predicted octanol–water partition coefficient (Wildman–Crippen LogP) is 2.22. The van der Waals surface area contributed by atoms with E-state index in [9.17, 15) is 17.6 Å². The van der Waals surface area contributed by atoms with Gasteiger partial charge in [-0.1, -0.05) is 26.0 Å². The lowest BCUT2D eigenvalue weighted by Gasteiger charge is -2.13. The van der Waals surface area contributed by atoms with Gasteiger partial charge in [-0.15, -0.1) is 0 Å². The summed E-state index contributed by atoms with van der Waals surface area (Å²) in [6.45, 7) is 3.09. The van der Waals surface area contributed by atoms with E-state index in [1.54, 1.807) is 6.92 Å². The van der Waals surface area contributed by atoms with Crippen LogP contribution in [-0.4, -0.2) is 25.2 Å². The summed E-state index contributed by atoms with van der Waals surface area (Å²) in [6.07, 6.45) is 0.156. The van der Waals surface area contributed by atoms with Gasteiger partial charge in [0.1, 0.15) is 11.1 Å². The molecule has 0 heterocycles. The van der Waals surface area contributed by atoms with Gasteiger partial charge in [-0.05, 0) is 18.6 Å². The van der Waals surface area contributed by atoms with Crippen molar-refractivity contribution in [2.75, 3.05) is 5.75 Å². The molecule has 0 radical (unpaired) electrons. The van der Waals surface area contributed by atoms with Crippen molar-refractivity contribution in [3.8, 4) is 0 Å². The molecule has 1 aromatic carbocycles. The van der Waals surface area contributed by atoms with E-state index in [4.69, 9.17) is 0 Å².